The first-order valence-electron chi connectivity index (χ1n) is 14.7. The van der Waals surface area contributed by atoms with E-state index in [9.17, 15) is 23.1 Å². The van der Waals surface area contributed by atoms with Gasteiger partial charge in [0.05, 0.1) is 32.0 Å². The molecule has 0 aromatic heterocycles. The average Bonchev–Trinajstić information content (AvgIpc) is 2.89. The molecule has 3 rings (SSSR count). The molecule has 1 aromatic rings. The highest BCUT2D eigenvalue weighted by atomic mass is 32.1. The average molecular weight is 600 g/mol. The second kappa shape index (κ2) is 14.1. The number of allylic oxidation sites excluding steroid dienone is 6. The van der Waals surface area contributed by atoms with Crippen molar-refractivity contribution >= 4 is 21.6 Å². The second-order valence-corrected chi connectivity index (χ2v) is 13.2. The molecule has 1 aliphatic heterocycles. The number of hydrogen-bond donors (Lipinski definition) is 1. The number of alkyl halides is 3. The third-order valence-electron chi connectivity index (χ3n) is 7.96. The normalized spacial score (nSPS) is 14.5. The molecule has 0 spiro atoms. The summed E-state index contributed by atoms with van der Waals surface area (Å²) in [5, 5.41) is 11.2. The van der Waals surface area contributed by atoms with E-state index < -0.39 is 17.3 Å². The predicted octanol–water partition coefficient (Wildman–Crippen LogP) is 10.3. The van der Waals surface area contributed by atoms with Crippen LogP contribution in [-0.2, 0) is 12.6 Å². The Morgan fingerprint density at radius 2 is 1.55 bits per heavy atom. The van der Waals surface area contributed by atoms with Crippen molar-refractivity contribution in [1.82, 2.24) is 4.98 Å². The molecule has 0 saturated heterocycles. The predicted molar refractivity (Wildman–Crippen MR) is 171 cm³/mol. The number of halogens is 3. The summed E-state index contributed by atoms with van der Waals surface area (Å²) in [4.78, 5) is 18.6. The molecular weight excluding hydrogens is 555 g/mol. The lowest BCUT2D eigenvalue weighted by Gasteiger charge is -2.24. The van der Waals surface area contributed by atoms with Gasteiger partial charge < -0.3 is 5.11 Å². The van der Waals surface area contributed by atoms with Crippen LogP contribution in [0.15, 0.2) is 57.9 Å². The molecule has 42 heavy (non-hydrogen) atoms. The van der Waals surface area contributed by atoms with Crippen molar-refractivity contribution in [2.45, 2.75) is 112 Å². The van der Waals surface area contributed by atoms with Crippen molar-refractivity contribution in [3.63, 3.8) is 0 Å². The van der Waals surface area contributed by atoms with Crippen LogP contribution in [0.1, 0.15) is 102 Å². The Hall–Kier alpha value is -2.77. The fourth-order valence-electron chi connectivity index (χ4n) is 5.04. The largest absolute Gasteiger partial charge is 0.416 e. The molecular formula is C35H44F3NO2S. The molecule has 228 valence electrons. The second-order valence-electron chi connectivity index (χ2n) is 12.1. The fraction of sp³-hybridized carbons (Fsp3) is 0.486. The van der Waals surface area contributed by atoms with Crippen LogP contribution in [0.3, 0.4) is 0 Å². The molecule has 0 fully saturated rings. The highest BCUT2D eigenvalue weighted by Gasteiger charge is 2.31. The third kappa shape index (κ3) is 9.11. The molecule has 0 saturated carbocycles. The first-order chi connectivity index (χ1) is 19.6. The molecule has 2 aliphatic rings. The lowest BCUT2D eigenvalue weighted by molar-refractivity contribution is -0.137. The molecule has 0 radical (unpaired) electrons. The van der Waals surface area contributed by atoms with E-state index in [-0.39, 0.29) is 5.43 Å². The van der Waals surface area contributed by atoms with E-state index >= 15 is 0 Å². The number of benzene rings is 2. The maximum atomic E-state index is 13.3. The summed E-state index contributed by atoms with van der Waals surface area (Å²) in [6.45, 7) is 13.9. The summed E-state index contributed by atoms with van der Waals surface area (Å²) in [5.74, 6) is 0. The molecule has 1 N–H and O–H groups in total. The van der Waals surface area contributed by atoms with Gasteiger partial charge in [-0.05, 0) is 124 Å². The van der Waals surface area contributed by atoms with E-state index in [1.165, 1.54) is 34.1 Å². The number of aliphatic hydroxyl groups is 1. The first-order valence-corrected chi connectivity index (χ1v) is 15.5. The Balaban J connectivity index is 1.70. The van der Waals surface area contributed by atoms with Gasteiger partial charge in [-0.1, -0.05) is 34.9 Å². The van der Waals surface area contributed by atoms with Gasteiger partial charge in [0, 0.05) is 11.1 Å². The number of nitrogens with zero attached hydrogens (tertiary/aromatic N) is 1. The van der Waals surface area contributed by atoms with Gasteiger partial charge in [0.25, 0.3) is 0 Å². The minimum absolute atomic E-state index is 0.125. The van der Waals surface area contributed by atoms with E-state index in [1.807, 2.05) is 6.92 Å². The van der Waals surface area contributed by atoms with Crippen molar-refractivity contribution in [3.8, 4) is 10.6 Å². The molecule has 7 heteroatoms. The van der Waals surface area contributed by atoms with E-state index in [4.69, 9.17) is 0 Å². The Labute approximate surface area is 252 Å². The van der Waals surface area contributed by atoms with Gasteiger partial charge in [-0.25, -0.2) is 4.98 Å². The number of hydrogen-bond acceptors (Lipinski definition) is 4. The maximum absolute atomic E-state index is 13.3. The number of aromatic nitrogens is 1. The summed E-state index contributed by atoms with van der Waals surface area (Å²) >= 11 is 1.17. The van der Waals surface area contributed by atoms with Crippen LogP contribution in [0.5, 0.6) is 0 Å². The van der Waals surface area contributed by atoms with Crippen molar-refractivity contribution < 1.29 is 18.3 Å². The molecule has 0 bridgehead atoms. The van der Waals surface area contributed by atoms with Gasteiger partial charge in [-0.3, -0.25) is 4.79 Å². The lowest BCUT2D eigenvalue weighted by atomic mass is 9.89. The monoisotopic (exact) mass is 599 g/mol. The summed E-state index contributed by atoms with van der Waals surface area (Å²) in [5.41, 5.74) is 5.14. The summed E-state index contributed by atoms with van der Waals surface area (Å²) in [7, 11) is 0. The standard InChI is InChI=1S/C35H44F3NO2S/c1-22(2)11-8-12-23(3)13-9-14-24(4)15-10-19-34(7,41)20-18-28-32(40)26(6)25(5)31-33(28)42-30-21-27(35(36,37)38)16-17-29(30)39-31/h11,13,15-17,21,41H,8-10,12,14,18-20H2,1-7H3/b23-13+,24-15-/t34-/m1/s1. The Morgan fingerprint density at radius 3 is 2.17 bits per heavy atom. The van der Waals surface area contributed by atoms with Gasteiger partial charge in [0.15, 0.2) is 5.43 Å². The van der Waals surface area contributed by atoms with Gasteiger partial charge in [0.1, 0.15) is 0 Å². The van der Waals surface area contributed by atoms with Crippen molar-refractivity contribution in [3.05, 3.63) is 85.6 Å². The van der Waals surface area contributed by atoms with Gasteiger partial charge >= 0.3 is 6.18 Å². The zero-order chi connectivity index (χ0) is 31.2. The molecule has 1 aromatic carbocycles. The Morgan fingerprint density at radius 1 is 0.929 bits per heavy atom. The van der Waals surface area contributed by atoms with Crippen LogP contribution in [0.25, 0.3) is 20.8 Å². The third-order valence-corrected chi connectivity index (χ3v) is 9.16. The lowest BCUT2D eigenvalue weighted by Crippen LogP contribution is -2.26. The molecule has 0 amide bonds. The molecule has 1 aliphatic carbocycles. The SMILES string of the molecule is CC(C)=CCC/C(C)=C/CC/C(C)=C\CC[C@@](C)(O)CCc1c2sc3cc(C(F)(F)F)ccc3nc-2c(C)c(C)c1=O. The van der Waals surface area contributed by atoms with E-state index in [0.717, 1.165) is 49.8 Å². The van der Waals surface area contributed by atoms with Crippen LogP contribution in [0, 0.1) is 13.8 Å². The number of rotatable bonds is 12. The minimum Gasteiger partial charge on any atom is -0.390 e. The van der Waals surface area contributed by atoms with Crippen molar-refractivity contribution in [2.24, 2.45) is 0 Å². The van der Waals surface area contributed by atoms with Crippen LogP contribution in [0.4, 0.5) is 13.2 Å². The number of fused-ring (bicyclic) bond motifs is 2. The molecule has 1 atom stereocenters. The van der Waals surface area contributed by atoms with Gasteiger partial charge in [-0.2, -0.15) is 13.2 Å². The van der Waals surface area contributed by atoms with E-state index in [2.05, 4.69) is 50.9 Å². The van der Waals surface area contributed by atoms with Crippen LogP contribution in [0.2, 0.25) is 0 Å². The highest BCUT2D eigenvalue weighted by molar-refractivity contribution is 7.21. The Bertz CT molecular complexity index is 1520. The quantitative estimate of drug-likeness (QED) is 0.166. The Kier molecular flexibility index (Phi) is 11.4. The zero-order valence-corrected chi connectivity index (χ0v) is 26.8. The molecule has 0 unspecified atom stereocenters. The van der Waals surface area contributed by atoms with E-state index in [1.54, 1.807) is 13.8 Å². The first kappa shape index (κ1) is 33.7. The highest BCUT2D eigenvalue weighted by Crippen LogP contribution is 2.39. The zero-order valence-electron chi connectivity index (χ0n) is 26.0. The van der Waals surface area contributed by atoms with E-state index in [0.29, 0.717) is 51.2 Å². The summed E-state index contributed by atoms with van der Waals surface area (Å²) < 4.78 is 40.4. The maximum Gasteiger partial charge on any atom is 0.416 e. The van der Waals surface area contributed by atoms with Crippen LogP contribution < -0.4 is 5.43 Å². The van der Waals surface area contributed by atoms with Gasteiger partial charge in [0.2, 0.25) is 0 Å². The molecule has 1 heterocycles. The van der Waals surface area contributed by atoms with Crippen molar-refractivity contribution in [2.75, 3.05) is 0 Å². The summed E-state index contributed by atoms with van der Waals surface area (Å²) in [6.07, 6.45) is 8.42. The fourth-order valence-corrected chi connectivity index (χ4v) is 6.28. The van der Waals surface area contributed by atoms with Crippen LogP contribution >= 0.6 is 11.3 Å². The molecule has 3 nitrogen and oxygen atoms in total. The minimum atomic E-state index is -4.46. The smallest absolute Gasteiger partial charge is 0.390 e. The topological polar surface area (TPSA) is 50.2 Å². The summed E-state index contributed by atoms with van der Waals surface area (Å²) in [6, 6.07) is 3.52. The van der Waals surface area contributed by atoms with Crippen molar-refractivity contribution in [1.29, 1.82) is 0 Å². The van der Waals surface area contributed by atoms with Gasteiger partial charge in [-0.15, -0.1) is 11.3 Å². The van der Waals surface area contributed by atoms with Crippen LogP contribution in [-0.4, -0.2) is 15.7 Å².